The topological polar surface area (TPSA) is 54.1 Å². The van der Waals surface area contributed by atoms with E-state index in [2.05, 4.69) is 12.7 Å². The van der Waals surface area contributed by atoms with Gasteiger partial charge in [-0.2, -0.15) is 0 Å². The van der Waals surface area contributed by atoms with E-state index in [-0.39, 0.29) is 17.3 Å². The SMILES string of the molecule is C=CC[NH+]1CC[C@]23c4c5ccc(O)c4O[C@H]2[C@@H](O)C=C[C@H]3[C@H]1C5. The third-order valence-corrected chi connectivity index (χ3v) is 6.53. The lowest BCUT2D eigenvalue weighted by molar-refractivity contribution is -0.931. The number of aliphatic hydroxyl groups excluding tert-OH is 1. The van der Waals surface area contributed by atoms with Gasteiger partial charge in [0.25, 0.3) is 0 Å². The van der Waals surface area contributed by atoms with Crippen LogP contribution in [0.15, 0.2) is 36.9 Å². The molecule has 5 rings (SSSR count). The van der Waals surface area contributed by atoms with Crippen LogP contribution >= 0.6 is 0 Å². The lowest BCUT2D eigenvalue weighted by atomic mass is 9.53. The molecule has 4 heteroatoms. The van der Waals surface area contributed by atoms with Crippen LogP contribution in [0.25, 0.3) is 0 Å². The zero-order valence-electron chi connectivity index (χ0n) is 13.0. The van der Waals surface area contributed by atoms with E-state index in [1.165, 1.54) is 11.1 Å². The molecule has 1 unspecified atom stereocenters. The van der Waals surface area contributed by atoms with Crippen molar-refractivity contribution in [2.24, 2.45) is 5.92 Å². The first-order valence-electron chi connectivity index (χ1n) is 8.50. The van der Waals surface area contributed by atoms with Crippen LogP contribution in [0.5, 0.6) is 11.5 Å². The summed E-state index contributed by atoms with van der Waals surface area (Å²) < 4.78 is 6.14. The highest BCUT2D eigenvalue weighted by Gasteiger charge is 2.66. The summed E-state index contributed by atoms with van der Waals surface area (Å²) in [4.78, 5) is 1.57. The van der Waals surface area contributed by atoms with E-state index in [1.807, 2.05) is 18.2 Å². The molecular formula is C19H22NO3+. The molecule has 4 nitrogen and oxygen atoms in total. The van der Waals surface area contributed by atoms with Crippen LogP contribution in [-0.2, 0) is 11.8 Å². The van der Waals surface area contributed by atoms with Crippen LogP contribution in [-0.4, -0.2) is 41.6 Å². The van der Waals surface area contributed by atoms with Crippen molar-refractivity contribution in [3.63, 3.8) is 0 Å². The van der Waals surface area contributed by atoms with E-state index in [1.54, 1.807) is 11.0 Å². The van der Waals surface area contributed by atoms with Gasteiger partial charge in [0.15, 0.2) is 11.5 Å². The van der Waals surface area contributed by atoms with Crippen LogP contribution < -0.4 is 9.64 Å². The normalized spacial score (nSPS) is 42.0. The number of hydrogen-bond donors (Lipinski definition) is 3. The van der Waals surface area contributed by atoms with Crippen LogP contribution in [0.1, 0.15) is 17.5 Å². The lowest BCUT2D eigenvalue weighted by Gasteiger charge is -2.54. The molecule has 2 heterocycles. The summed E-state index contributed by atoms with van der Waals surface area (Å²) >= 11 is 0. The van der Waals surface area contributed by atoms with Crippen LogP contribution in [0.4, 0.5) is 0 Å². The minimum atomic E-state index is -0.606. The molecule has 0 aromatic heterocycles. The van der Waals surface area contributed by atoms with E-state index in [0.717, 1.165) is 25.9 Å². The summed E-state index contributed by atoms with van der Waals surface area (Å²) in [5.74, 6) is 1.18. The number of phenols is 1. The number of rotatable bonds is 2. The fourth-order valence-corrected chi connectivity index (χ4v) is 5.70. The summed E-state index contributed by atoms with van der Waals surface area (Å²) in [6.45, 7) is 5.95. The number of hydrogen-bond acceptors (Lipinski definition) is 3. The molecule has 6 atom stereocenters. The summed E-state index contributed by atoms with van der Waals surface area (Å²) in [6.07, 6.45) is 7.21. The molecule has 1 aromatic rings. The van der Waals surface area contributed by atoms with Gasteiger partial charge in [0.2, 0.25) is 0 Å². The Morgan fingerprint density at radius 3 is 3.09 bits per heavy atom. The molecule has 1 aromatic carbocycles. The summed E-state index contributed by atoms with van der Waals surface area (Å²) in [5, 5.41) is 20.8. The summed E-state index contributed by atoms with van der Waals surface area (Å²) in [5.41, 5.74) is 2.28. The summed E-state index contributed by atoms with van der Waals surface area (Å²) in [7, 11) is 0. The van der Waals surface area contributed by atoms with Crippen LogP contribution in [0, 0.1) is 5.92 Å². The third-order valence-electron chi connectivity index (χ3n) is 6.53. The van der Waals surface area contributed by atoms with Gasteiger partial charge >= 0.3 is 0 Å². The quantitative estimate of drug-likeness (QED) is 0.690. The van der Waals surface area contributed by atoms with Crippen molar-refractivity contribution in [2.45, 2.75) is 36.5 Å². The van der Waals surface area contributed by atoms with Gasteiger partial charge in [-0.25, -0.2) is 0 Å². The van der Waals surface area contributed by atoms with Crippen molar-refractivity contribution in [1.29, 1.82) is 0 Å². The number of nitrogens with one attached hydrogen (secondary N) is 1. The van der Waals surface area contributed by atoms with Gasteiger partial charge in [-0.15, -0.1) is 0 Å². The molecule has 1 saturated heterocycles. The molecule has 23 heavy (non-hydrogen) atoms. The molecule has 0 radical (unpaired) electrons. The van der Waals surface area contributed by atoms with E-state index in [4.69, 9.17) is 4.74 Å². The molecule has 0 amide bonds. The fourth-order valence-electron chi connectivity index (χ4n) is 5.70. The highest BCUT2D eigenvalue weighted by atomic mass is 16.5. The van der Waals surface area contributed by atoms with Crippen molar-refractivity contribution in [3.05, 3.63) is 48.1 Å². The first-order valence-corrected chi connectivity index (χ1v) is 8.50. The molecule has 4 aliphatic rings. The van der Waals surface area contributed by atoms with Gasteiger partial charge in [-0.05, 0) is 17.7 Å². The predicted octanol–water partition coefficient (Wildman–Crippen LogP) is 0.337. The van der Waals surface area contributed by atoms with Gasteiger partial charge < -0.3 is 19.8 Å². The van der Waals surface area contributed by atoms with Gasteiger partial charge in [0, 0.05) is 24.3 Å². The molecule has 120 valence electrons. The number of quaternary nitrogens is 1. The zero-order valence-corrected chi connectivity index (χ0v) is 13.0. The number of ether oxygens (including phenoxy) is 1. The smallest absolute Gasteiger partial charge is 0.165 e. The Morgan fingerprint density at radius 2 is 2.26 bits per heavy atom. The molecular weight excluding hydrogens is 290 g/mol. The van der Waals surface area contributed by atoms with Gasteiger partial charge in [-0.1, -0.05) is 24.8 Å². The fraction of sp³-hybridized carbons (Fsp3) is 0.474. The van der Waals surface area contributed by atoms with E-state index in [9.17, 15) is 10.2 Å². The number of aliphatic hydroxyl groups is 1. The average molecular weight is 312 g/mol. The van der Waals surface area contributed by atoms with E-state index >= 15 is 0 Å². The number of benzene rings is 1. The molecule has 2 bridgehead atoms. The second kappa shape index (κ2) is 4.40. The second-order valence-electron chi connectivity index (χ2n) is 7.39. The first-order chi connectivity index (χ1) is 11.2. The van der Waals surface area contributed by atoms with Crippen molar-refractivity contribution in [1.82, 2.24) is 0 Å². The Kier molecular flexibility index (Phi) is 2.61. The highest BCUT2D eigenvalue weighted by molar-refractivity contribution is 5.61. The monoisotopic (exact) mass is 312 g/mol. The number of piperidine rings is 1. The third kappa shape index (κ3) is 1.49. The lowest BCUT2D eigenvalue weighted by Crippen LogP contribution is -3.19. The Morgan fingerprint density at radius 1 is 1.39 bits per heavy atom. The molecule has 3 N–H and O–H groups in total. The second-order valence-corrected chi connectivity index (χ2v) is 7.39. The molecule has 1 spiro atoms. The molecule has 1 fully saturated rings. The number of phenolic OH excluding ortho intramolecular Hbond substituents is 1. The number of likely N-dealkylation sites (tertiary alicyclic amines) is 1. The number of aromatic hydroxyl groups is 1. The maximum Gasteiger partial charge on any atom is 0.165 e. The Balaban J connectivity index is 1.76. The first kappa shape index (κ1) is 13.6. The Bertz CT molecular complexity index is 728. The zero-order chi connectivity index (χ0) is 15.8. The highest BCUT2D eigenvalue weighted by Crippen LogP contribution is 2.60. The largest absolute Gasteiger partial charge is 0.504 e. The maximum absolute atomic E-state index is 10.5. The maximum atomic E-state index is 10.5. The Hall–Kier alpha value is -1.78. The minimum Gasteiger partial charge on any atom is -0.504 e. The Labute approximate surface area is 135 Å². The molecule has 2 aliphatic heterocycles. The van der Waals surface area contributed by atoms with Gasteiger partial charge in [0.05, 0.1) is 24.5 Å². The standard InChI is InChI=1S/C19H21NO3/c1-2-8-20-9-7-19-12-4-6-15(22)18(19)23-17-14(21)5-3-11(16(17)19)10-13(12)20/h2-6,12-13,15,18,21-22H,1,7-10H2/p+1/t12-,13+,15-,18-,19-/m0/s1. The average Bonchev–Trinajstić information content (AvgIpc) is 2.89. The van der Waals surface area contributed by atoms with Crippen molar-refractivity contribution >= 4 is 0 Å². The van der Waals surface area contributed by atoms with Crippen molar-refractivity contribution < 1.29 is 19.8 Å². The predicted molar refractivity (Wildman–Crippen MR) is 85.8 cm³/mol. The van der Waals surface area contributed by atoms with E-state index < -0.39 is 6.10 Å². The van der Waals surface area contributed by atoms with Gasteiger partial charge in [-0.3, -0.25) is 0 Å². The van der Waals surface area contributed by atoms with Crippen molar-refractivity contribution in [3.8, 4) is 11.5 Å². The van der Waals surface area contributed by atoms with Crippen molar-refractivity contribution in [2.75, 3.05) is 13.1 Å². The minimum absolute atomic E-state index is 0.175. The molecule has 0 saturated carbocycles. The summed E-state index contributed by atoms with van der Waals surface area (Å²) in [6, 6.07) is 4.28. The van der Waals surface area contributed by atoms with Crippen LogP contribution in [0.3, 0.4) is 0 Å². The van der Waals surface area contributed by atoms with E-state index in [0.29, 0.717) is 17.7 Å². The van der Waals surface area contributed by atoms with Gasteiger partial charge in [0.1, 0.15) is 12.2 Å². The molecule has 2 aliphatic carbocycles. The van der Waals surface area contributed by atoms with Crippen LogP contribution in [0.2, 0.25) is 0 Å².